The lowest BCUT2D eigenvalue weighted by Gasteiger charge is -2.54. The molecule has 7 heteroatoms. The number of pyridine rings is 3. The van der Waals surface area contributed by atoms with E-state index in [0.29, 0.717) is 33.8 Å². The monoisotopic (exact) mass is 1080 g/mol. The molecule has 4 unspecified atom stereocenters. The van der Waals surface area contributed by atoms with E-state index in [1.807, 2.05) is 47.2 Å². The zero-order valence-corrected chi connectivity index (χ0v) is 44.5. The Kier molecular flexibility index (Phi) is 9.28. The molecule has 11 bridgehead atoms. The predicted molar refractivity (Wildman–Crippen MR) is 318 cm³/mol. The van der Waals surface area contributed by atoms with Crippen LogP contribution < -0.4 is 13.7 Å². The molecule has 83 heavy (non-hydrogen) atoms. The van der Waals surface area contributed by atoms with E-state index in [9.17, 15) is 0 Å². The van der Waals surface area contributed by atoms with E-state index in [4.69, 9.17) is 6.58 Å². The van der Waals surface area contributed by atoms with Crippen LogP contribution in [0.3, 0.4) is 0 Å². The lowest BCUT2D eigenvalue weighted by atomic mass is 9.48. The van der Waals surface area contributed by atoms with Crippen molar-refractivity contribution in [2.75, 3.05) is 0 Å². The summed E-state index contributed by atoms with van der Waals surface area (Å²) in [6, 6.07) is 67.8. The van der Waals surface area contributed by atoms with Crippen LogP contribution in [0.5, 0.6) is 0 Å². The number of hydrogen-bond acceptors (Lipinski definition) is 0. The summed E-state index contributed by atoms with van der Waals surface area (Å²) in [7, 11) is 0. The third-order valence-corrected chi connectivity index (χ3v) is 19.3. The molecule has 3 aromatic heterocycles. The highest BCUT2D eigenvalue weighted by atomic mass is 19.1. The maximum absolute atomic E-state index is 17.9. The van der Waals surface area contributed by atoms with Gasteiger partial charge >= 0.3 is 0 Å². The molecule has 6 aliphatic heterocycles. The van der Waals surface area contributed by atoms with Gasteiger partial charge in [0.05, 0.1) is 22.3 Å². The van der Waals surface area contributed by atoms with Crippen LogP contribution in [-0.4, -0.2) is 0 Å². The van der Waals surface area contributed by atoms with Gasteiger partial charge in [-0.2, -0.15) is 13.7 Å². The van der Waals surface area contributed by atoms with E-state index >= 15 is 17.6 Å². The smallest absolute Gasteiger partial charge is 0.207 e. The number of fused-ring (bicyclic) bond motifs is 19. The van der Waals surface area contributed by atoms with Gasteiger partial charge in [-0.05, 0) is 127 Å². The van der Waals surface area contributed by atoms with Crippen LogP contribution in [0.25, 0.3) is 112 Å². The molecule has 0 saturated heterocycles. The second kappa shape index (κ2) is 16.5. The van der Waals surface area contributed by atoms with Crippen molar-refractivity contribution >= 4 is 22.4 Å². The zero-order valence-electron chi connectivity index (χ0n) is 44.5. The molecular formula is C76H46F4N3+3. The van der Waals surface area contributed by atoms with Crippen LogP contribution in [0.1, 0.15) is 45.3 Å². The second-order valence-electron chi connectivity index (χ2n) is 23.2. The molecule has 11 aromatic rings. The third kappa shape index (κ3) is 6.10. The lowest BCUT2D eigenvalue weighted by Crippen LogP contribution is -2.72. The Balaban J connectivity index is 1.10. The first kappa shape index (κ1) is 46.6. The number of benzene rings is 8. The van der Waals surface area contributed by atoms with Crippen LogP contribution in [0.4, 0.5) is 17.6 Å². The summed E-state index contributed by atoms with van der Waals surface area (Å²) >= 11 is 0. The SMILES string of the molecule is C=C1/C=C2/c3ccccc3-c3ccc([n+]1c3)-c1c(F)cc(F)cc1C/C1=C\C34C5=CC26C(c2cc(F)cc(F)c2-c2ccc(c[n+]26)-c2ccccc25)C3[n+]2cc(c(-c3ccc(-c5ccccc5)cc3)cc2-c2ccccc24)-c2ccccc21. The number of aromatic nitrogens is 3. The summed E-state index contributed by atoms with van der Waals surface area (Å²) < 4.78 is 76.1. The first-order valence-corrected chi connectivity index (χ1v) is 28.3. The summed E-state index contributed by atoms with van der Waals surface area (Å²) in [5, 5.41) is 0. The Morgan fingerprint density at radius 2 is 1.02 bits per heavy atom. The summed E-state index contributed by atoms with van der Waals surface area (Å²) in [6.07, 6.45) is 13.6. The van der Waals surface area contributed by atoms with Gasteiger partial charge in [0, 0.05) is 58.7 Å². The number of nitrogens with zero attached hydrogens (tertiary/aromatic N) is 3. The molecule has 3 nitrogen and oxygen atoms in total. The lowest BCUT2D eigenvalue weighted by molar-refractivity contribution is -0.768. The molecule has 0 radical (unpaired) electrons. The zero-order chi connectivity index (χ0) is 55.2. The van der Waals surface area contributed by atoms with Crippen LogP contribution in [0, 0.1) is 23.3 Å². The van der Waals surface area contributed by atoms with Gasteiger partial charge in [0.1, 0.15) is 34.6 Å². The number of rotatable bonds is 2. The van der Waals surface area contributed by atoms with Gasteiger partial charge in [0.25, 0.3) is 0 Å². The number of allylic oxidation sites excluding steroid dienone is 7. The molecular weight excluding hydrogens is 1030 g/mol. The van der Waals surface area contributed by atoms with Crippen molar-refractivity contribution < 1.29 is 31.3 Å². The standard InChI is InChI=1S/C76H46F4N3/c1-43-31-64-57-19-9-6-15-53(57)47-27-29-68(81(43)40-47)71-49(33-51(77)35-66(71)79)32-50-38-75-63-22-12-11-21-59(63)70-37-60(46-25-23-45(24-26-46)44-13-3-2-4-14-44)62(56-18-8-5-17-55(50)56)42-82(70)74(75)73-61-34-52(78)36-67(80)72(61)69-30-28-48-41-83(69)76(64,73)39-65(75)58-20-10-7-16-54(48)58/h2-31,33-42,73-74H,1,32H2/q+3/b50-38+,64-31-. The van der Waals surface area contributed by atoms with Gasteiger partial charge in [0.15, 0.2) is 24.6 Å². The quantitative estimate of drug-likeness (QED) is 0.121. The highest BCUT2D eigenvalue weighted by molar-refractivity contribution is 6.01. The summed E-state index contributed by atoms with van der Waals surface area (Å²) in [5.74, 6) is -3.51. The van der Waals surface area contributed by atoms with Crippen LogP contribution in [0.2, 0.25) is 0 Å². The maximum atomic E-state index is 17.9. The molecule has 1 aliphatic carbocycles. The van der Waals surface area contributed by atoms with E-state index < -0.39 is 46.2 Å². The molecule has 8 aromatic carbocycles. The summed E-state index contributed by atoms with van der Waals surface area (Å²) in [4.78, 5) is 0. The van der Waals surface area contributed by atoms with Gasteiger partial charge in [-0.25, -0.2) is 17.6 Å². The Hall–Kier alpha value is -10.1. The van der Waals surface area contributed by atoms with Gasteiger partial charge in [-0.1, -0.05) is 152 Å². The topological polar surface area (TPSA) is 11.6 Å². The fourth-order valence-corrected chi connectivity index (χ4v) is 16.0. The highest BCUT2D eigenvalue weighted by Crippen LogP contribution is 2.69. The van der Waals surface area contributed by atoms with Crippen molar-refractivity contribution in [3.8, 4) is 89.4 Å². The van der Waals surface area contributed by atoms with E-state index in [1.54, 1.807) is 6.07 Å². The Labute approximate surface area is 476 Å². The molecule has 18 rings (SSSR count). The number of hydrogen-bond donors (Lipinski definition) is 0. The molecule has 0 saturated carbocycles. The van der Waals surface area contributed by atoms with Crippen molar-refractivity contribution in [2.45, 2.75) is 29.3 Å². The minimum absolute atomic E-state index is 0.0903. The van der Waals surface area contributed by atoms with Crippen molar-refractivity contribution in [3.63, 3.8) is 0 Å². The van der Waals surface area contributed by atoms with Crippen molar-refractivity contribution in [2.24, 2.45) is 0 Å². The molecule has 390 valence electrons. The number of halogens is 4. The minimum Gasteiger partial charge on any atom is -0.207 e. The van der Waals surface area contributed by atoms with Crippen LogP contribution in [-0.2, 0) is 17.4 Å². The maximum Gasteiger partial charge on any atom is 0.227 e. The van der Waals surface area contributed by atoms with Crippen molar-refractivity contribution in [1.82, 2.24) is 0 Å². The fourth-order valence-electron chi connectivity index (χ4n) is 16.0. The first-order chi connectivity index (χ1) is 40.7. The predicted octanol–water partition coefficient (Wildman–Crippen LogP) is 16.7. The van der Waals surface area contributed by atoms with E-state index in [-0.39, 0.29) is 12.0 Å². The molecule has 0 N–H and O–H groups in total. The van der Waals surface area contributed by atoms with E-state index in [0.717, 1.165) is 118 Å². The summed E-state index contributed by atoms with van der Waals surface area (Å²) in [5.41, 5.74) is 18.8. The Morgan fingerprint density at radius 1 is 0.434 bits per heavy atom. The van der Waals surface area contributed by atoms with Gasteiger partial charge in [-0.15, -0.1) is 0 Å². The normalized spacial score (nSPS) is 21.1. The highest BCUT2D eigenvalue weighted by Gasteiger charge is 2.72. The molecule has 0 amide bonds. The molecule has 9 heterocycles. The van der Waals surface area contributed by atoms with Crippen LogP contribution in [0.15, 0.2) is 250 Å². The first-order valence-electron chi connectivity index (χ1n) is 28.3. The largest absolute Gasteiger partial charge is 0.227 e. The fraction of sp³-hybridized carbons (Fsp3) is 0.0658. The molecule has 4 atom stereocenters. The minimum atomic E-state index is -1.29. The average molecular weight is 1080 g/mol. The van der Waals surface area contributed by atoms with Gasteiger partial charge in [0.2, 0.25) is 28.3 Å². The van der Waals surface area contributed by atoms with Gasteiger partial charge in [-0.3, -0.25) is 0 Å². The van der Waals surface area contributed by atoms with Crippen LogP contribution >= 0.6 is 0 Å². The van der Waals surface area contributed by atoms with Crippen molar-refractivity contribution in [3.05, 3.63) is 306 Å². The van der Waals surface area contributed by atoms with E-state index in [2.05, 4.69) is 185 Å². The molecule has 7 aliphatic rings. The van der Waals surface area contributed by atoms with Crippen molar-refractivity contribution in [1.29, 1.82) is 0 Å². The molecule has 2 spiro atoms. The Morgan fingerprint density at radius 3 is 1.78 bits per heavy atom. The Bertz CT molecular complexity index is 4920. The second-order valence-corrected chi connectivity index (χ2v) is 23.2. The molecule has 0 fully saturated rings. The van der Waals surface area contributed by atoms with Gasteiger partial charge < -0.3 is 0 Å². The summed E-state index contributed by atoms with van der Waals surface area (Å²) in [6.45, 7) is 4.87. The average Bonchev–Trinajstić information content (AvgIpc) is 1.94. The van der Waals surface area contributed by atoms with E-state index in [1.165, 1.54) is 6.07 Å². The third-order valence-electron chi connectivity index (χ3n) is 19.3.